The number of hydrogen-bond donors (Lipinski definition) is 0. The van der Waals surface area contributed by atoms with Crippen LogP contribution in [0.4, 0.5) is 0 Å². The first-order valence-corrected chi connectivity index (χ1v) is 6.42. The fourth-order valence-electron chi connectivity index (χ4n) is 0.994. The van der Waals surface area contributed by atoms with Crippen molar-refractivity contribution in [3.05, 3.63) is 48.6 Å². The molecule has 0 aliphatic rings. The first-order chi connectivity index (χ1) is 7.29. The van der Waals surface area contributed by atoms with Gasteiger partial charge in [0.2, 0.25) is 0 Å². The molecule has 0 fully saturated rings. The van der Waals surface area contributed by atoms with E-state index in [1.807, 2.05) is 36.4 Å². The van der Waals surface area contributed by atoms with Crippen LogP contribution in [0.2, 0.25) is 6.04 Å². The monoisotopic (exact) mass is 215 g/mol. The zero-order chi connectivity index (χ0) is 11.5. The number of nitrogens with zero attached hydrogens (tertiary/aromatic N) is 1. The Labute approximate surface area is 95.2 Å². The second-order valence-corrected chi connectivity index (χ2v) is 3.95. The van der Waals surface area contributed by atoms with Crippen molar-refractivity contribution in [1.29, 1.82) is 5.26 Å². The van der Waals surface area contributed by atoms with Gasteiger partial charge in [0.05, 0.1) is 6.07 Å². The van der Waals surface area contributed by atoms with Crippen molar-refractivity contribution < 1.29 is 0 Å². The van der Waals surface area contributed by atoms with Gasteiger partial charge in [-0.1, -0.05) is 55.6 Å². The van der Waals surface area contributed by atoms with Gasteiger partial charge < -0.3 is 0 Å². The molecular weight excluding hydrogens is 198 g/mol. The van der Waals surface area contributed by atoms with E-state index in [1.165, 1.54) is 10.2 Å². The predicted octanol–water partition coefficient (Wildman–Crippen LogP) is 2.66. The first kappa shape index (κ1) is 13.4. The molecule has 15 heavy (non-hydrogen) atoms. The molecule has 2 heteroatoms. The molecule has 0 aliphatic carbocycles. The van der Waals surface area contributed by atoms with Crippen molar-refractivity contribution in [2.45, 2.75) is 12.5 Å². The first-order valence-electron chi connectivity index (χ1n) is 5.01. The molecule has 0 saturated heterocycles. The van der Waals surface area contributed by atoms with E-state index in [0.717, 1.165) is 23.6 Å². The molecule has 0 unspecified atom stereocenters. The molecule has 0 amide bonds. The van der Waals surface area contributed by atoms with Crippen LogP contribution in [-0.4, -0.2) is 10.2 Å². The largest absolute Gasteiger partial charge is 0.198 e. The van der Waals surface area contributed by atoms with Crippen LogP contribution in [-0.2, 0) is 0 Å². The van der Waals surface area contributed by atoms with E-state index in [1.54, 1.807) is 0 Å². The summed E-state index contributed by atoms with van der Waals surface area (Å²) in [5.74, 6) is 0. The van der Waals surface area contributed by atoms with Gasteiger partial charge in [-0.3, -0.25) is 0 Å². The van der Waals surface area contributed by atoms with Crippen LogP contribution in [0.15, 0.2) is 37.4 Å². The molecule has 1 aromatic rings. The fourth-order valence-corrected chi connectivity index (χ4v) is 1.22. The molecule has 78 valence electrons. The second-order valence-electron chi connectivity index (χ2n) is 2.95. The lowest BCUT2D eigenvalue weighted by molar-refractivity contribution is 1.21. The highest BCUT2D eigenvalue weighted by Crippen LogP contribution is 2.10. The number of rotatable bonds is 3. The maximum absolute atomic E-state index is 7.84. The fraction of sp³-hybridized carbons (Fsp3) is 0.154. The number of hydrogen-bond acceptors (Lipinski definition) is 1. The quantitative estimate of drug-likeness (QED) is 0.711. The van der Waals surface area contributed by atoms with E-state index < -0.39 is 0 Å². The highest BCUT2D eigenvalue weighted by atomic mass is 28.1. The molecule has 0 aliphatic heterocycles. The predicted molar refractivity (Wildman–Crippen MR) is 71.6 cm³/mol. The maximum atomic E-state index is 7.84. The Morgan fingerprint density at radius 1 is 1.20 bits per heavy atom. The van der Waals surface area contributed by atoms with Gasteiger partial charge in [-0.25, -0.2) is 0 Å². The summed E-state index contributed by atoms with van der Waals surface area (Å²) in [6.45, 7) is 7.38. The average molecular weight is 215 g/mol. The van der Waals surface area contributed by atoms with Gasteiger partial charge in [0.25, 0.3) is 0 Å². The Hall–Kier alpha value is -1.59. The van der Waals surface area contributed by atoms with Gasteiger partial charge in [0, 0.05) is 16.7 Å². The van der Waals surface area contributed by atoms with Gasteiger partial charge in [0.1, 0.15) is 0 Å². The summed E-state index contributed by atoms with van der Waals surface area (Å²) in [4.78, 5) is 0. The molecule has 0 heterocycles. The molecule has 1 aromatic carbocycles. The zero-order valence-corrected chi connectivity index (χ0v) is 11.2. The Kier molecular flexibility index (Phi) is 8.03. The summed E-state index contributed by atoms with van der Waals surface area (Å²) in [6.07, 6.45) is 4.42. The summed E-state index contributed by atoms with van der Waals surface area (Å²) in [5.41, 5.74) is 2.27. The van der Waals surface area contributed by atoms with Crippen molar-refractivity contribution >= 4 is 22.4 Å². The Morgan fingerprint density at radius 3 is 1.87 bits per heavy atom. The van der Waals surface area contributed by atoms with Crippen LogP contribution >= 0.6 is 0 Å². The third kappa shape index (κ3) is 5.66. The summed E-state index contributed by atoms with van der Waals surface area (Å²) in [7, 11) is 1.18. The van der Waals surface area contributed by atoms with Crippen LogP contribution in [0.25, 0.3) is 12.2 Å². The summed E-state index contributed by atoms with van der Waals surface area (Å²) < 4.78 is 0. The van der Waals surface area contributed by atoms with Crippen LogP contribution < -0.4 is 0 Å². The minimum absolute atomic E-state index is 0.756. The van der Waals surface area contributed by atoms with Gasteiger partial charge in [-0.2, -0.15) is 5.26 Å². The minimum Gasteiger partial charge on any atom is -0.198 e. The molecule has 0 saturated carbocycles. The molecule has 0 spiro atoms. The van der Waals surface area contributed by atoms with E-state index in [4.69, 9.17) is 5.26 Å². The lowest BCUT2D eigenvalue weighted by atomic mass is 10.1. The van der Waals surface area contributed by atoms with E-state index in [-0.39, 0.29) is 0 Å². The molecule has 0 N–H and O–H groups in total. The summed E-state index contributed by atoms with van der Waals surface area (Å²) >= 11 is 0. The molecule has 0 bridgehead atoms. The maximum Gasteiger partial charge on any atom is 0.0618 e. The highest BCUT2D eigenvalue weighted by Gasteiger charge is 1.89. The average Bonchev–Trinajstić information content (AvgIpc) is 2.31. The lowest BCUT2D eigenvalue weighted by Crippen LogP contribution is -1.76. The normalized spacial score (nSPS) is 8.20. The SMILES string of the molecule is C=Cc1ccccc1C=C.N#CCC[SiH3]. The summed E-state index contributed by atoms with van der Waals surface area (Å²) in [6, 6.07) is 11.2. The van der Waals surface area contributed by atoms with Crippen molar-refractivity contribution in [2.24, 2.45) is 0 Å². The Bertz CT molecular complexity index is 323. The van der Waals surface area contributed by atoms with E-state index in [0.29, 0.717) is 0 Å². The van der Waals surface area contributed by atoms with Crippen molar-refractivity contribution in [3.8, 4) is 6.07 Å². The Morgan fingerprint density at radius 2 is 1.67 bits per heavy atom. The van der Waals surface area contributed by atoms with Crippen molar-refractivity contribution in [2.75, 3.05) is 0 Å². The molecule has 0 aromatic heterocycles. The topological polar surface area (TPSA) is 23.8 Å². The summed E-state index contributed by atoms with van der Waals surface area (Å²) in [5, 5.41) is 7.84. The molecular formula is C13H17NSi. The Balaban J connectivity index is 0.000000336. The van der Waals surface area contributed by atoms with Crippen molar-refractivity contribution in [3.63, 3.8) is 0 Å². The molecule has 0 atom stereocenters. The number of benzene rings is 1. The second kappa shape index (κ2) is 8.98. The standard InChI is InChI=1S/C10H10.C3H7NSi/c1-3-9-7-5-6-8-10(9)4-2;4-2-1-3-5/h3-8H,1-2H2;1,3H2,5H3. The van der Waals surface area contributed by atoms with E-state index >= 15 is 0 Å². The zero-order valence-electron chi connectivity index (χ0n) is 9.24. The smallest absolute Gasteiger partial charge is 0.0618 e. The van der Waals surface area contributed by atoms with Gasteiger partial charge in [0.15, 0.2) is 0 Å². The lowest BCUT2D eigenvalue weighted by Gasteiger charge is -1.96. The van der Waals surface area contributed by atoms with Crippen molar-refractivity contribution in [1.82, 2.24) is 0 Å². The number of nitriles is 1. The van der Waals surface area contributed by atoms with E-state index in [2.05, 4.69) is 19.2 Å². The minimum atomic E-state index is 0.756. The van der Waals surface area contributed by atoms with Gasteiger partial charge >= 0.3 is 0 Å². The van der Waals surface area contributed by atoms with Crippen LogP contribution in [0, 0.1) is 11.3 Å². The third-order valence-electron chi connectivity index (χ3n) is 1.80. The third-order valence-corrected chi connectivity index (χ3v) is 2.30. The molecule has 1 nitrogen and oxygen atoms in total. The van der Waals surface area contributed by atoms with Crippen LogP contribution in [0.1, 0.15) is 17.5 Å². The molecule has 0 radical (unpaired) electrons. The van der Waals surface area contributed by atoms with Crippen LogP contribution in [0.3, 0.4) is 0 Å². The van der Waals surface area contributed by atoms with E-state index in [9.17, 15) is 0 Å². The highest BCUT2D eigenvalue weighted by molar-refractivity contribution is 6.08. The van der Waals surface area contributed by atoms with Crippen LogP contribution in [0.5, 0.6) is 0 Å². The van der Waals surface area contributed by atoms with Gasteiger partial charge in [-0.05, 0) is 11.1 Å². The molecule has 1 rings (SSSR count). The van der Waals surface area contributed by atoms with Gasteiger partial charge in [-0.15, -0.1) is 0 Å².